The summed E-state index contributed by atoms with van der Waals surface area (Å²) in [5, 5.41) is 0.616. The first-order chi connectivity index (χ1) is 11.0. The number of hydrogen-bond acceptors (Lipinski definition) is 3. The Bertz CT molecular complexity index is 674. The molecule has 122 valence electrons. The Labute approximate surface area is 142 Å². The van der Waals surface area contributed by atoms with Crippen molar-refractivity contribution >= 4 is 17.5 Å². The molecule has 1 aromatic heterocycles. The maximum Gasteiger partial charge on any atom is 0.226 e. The second-order valence-corrected chi connectivity index (χ2v) is 5.95. The zero-order chi connectivity index (χ0) is 16.8. The number of nitrogens with zero attached hydrogens (tertiary/aromatic N) is 2. The summed E-state index contributed by atoms with van der Waals surface area (Å²) in [5.41, 5.74) is 2.91. The van der Waals surface area contributed by atoms with Crippen LogP contribution >= 0.6 is 11.6 Å². The summed E-state index contributed by atoms with van der Waals surface area (Å²) in [4.78, 5) is 18.2. The molecule has 0 aliphatic rings. The number of pyridine rings is 1. The minimum absolute atomic E-state index is 0.0408. The van der Waals surface area contributed by atoms with Gasteiger partial charge in [-0.1, -0.05) is 11.6 Å². The Balaban J connectivity index is 2.01. The van der Waals surface area contributed by atoms with Gasteiger partial charge in [0.2, 0.25) is 5.91 Å². The van der Waals surface area contributed by atoms with Crippen LogP contribution in [0.25, 0.3) is 0 Å². The Morgan fingerprint density at radius 2 is 2.00 bits per heavy atom. The Morgan fingerprint density at radius 3 is 2.65 bits per heavy atom. The molecular formula is C18H21ClN2O2. The molecule has 0 aliphatic heterocycles. The molecule has 0 radical (unpaired) electrons. The van der Waals surface area contributed by atoms with Crippen molar-refractivity contribution in [2.24, 2.45) is 0 Å². The van der Waals surface area contributed by atoms with Crippen molar-refractivity contribution in [1.29, 1.82) is 0 Å². The normalized spacial score (nSPS) is 10.4. The molecule has 23 heavy (non-hydrogen) atoms. The van der Waals surface area contributed by atoms with Crippen molar-refractivity contribution in [3.8, 4) is 5.75 Å². The fraction of sp³-hybridized carbons (Fsp3) is 0.333. The molecule has 0 bridgehead atoms. The maximum atomic E-state index is 12.4. The van der Waals surface area contributed by atoms with Gasteiger partial charge in [-0.05, 0) is 48.7 Å². The van der Waals surface area contributed by atoms with Gasteiger partial charge in [-0.25, -0.2) is 0 Å². The largest absolute Gasteiger partial charge is 0.496 e. The lowest BCUT2D eigenvalue weighted by Gasteiger charge is -2.19. The van der Waals surface area contributed by atoms with Crippen LogP contribution in [0.15, 0.2) is 36.7 Å². The van der Waals surface area contributed by atoms with Gasteiger partial charge in [0, 0.05) is 36.6 Å². The van der Waals surface area contributed by atoms with Gasteiger partial charge in [-0.15, -0.1) is 0 Å². The average molecular weight is 333 g/mol. The van der Waals surface area contributed by atoms with Crippen molar-refractivity contribution in [1.82, 2.24) is 9.88 Å². The molecule has 0 N–H and O–H groups in total. The number of rotatable bonds is 6. The van der Waals surface area contributed by atoms with Gasteiger partial charge < -0.3 is 9.64 Å². The summed E-state index contributed by atoms with van der Waals surface area (Å²) in [6, 6.07) is 7.55. The molecule has 1 aromatic carbocycles. The van der Waals surface area contributed by atoms with E-state index in [2.05, 4.69) is 4.98 Å². The van der Waals surface area contributed by atoms with Crippen LogP contribution in [-0.2, 0) is 17.6 Å². The smallest absolute Gasteiger partial charge is 0.226 e. The van der Waals surface area contributed by atoms with E-state index in [0.717, 1.165) is 28.9 Å². The van der Waals surface area contributed by atoms with Crippen LogP contribution < -0.4 is 4.74 Å². The number of methoxy groups -OCH3 is 1. The van der Waals surface area contributed by atoms with Crippen molar-refractivity contribution in [2.45, 2.75) is 19.8 Å². The average Bonchev–Trinajstić information content (AvgIpc) is 2.53. The maximum absolute atomic E-state index is 12.4. The Kier molecular flexibility index (Phi) is 5.99. The first kappa shape index (κ1) is 17.3. The quantitative estimate of drug-likeness (QED) is 0.815. The number of ether oxygens (including phenoxy) is 1. The summed E-state index contributed by atoms with van der Waals surface area (Å²) in [7, 11) is 3.42. The molecule has 0 unspecified atom stereocenters. The van der Waals surface area contributed by atoms with Gasteiger partial charge in [0.1, 0.15) is 5.75 Å². The highest BCUT2D eigenvalue weighted by Crippen LogP contribution is 2.28. The molecule has 5 heteroatoms. The lowest BCUT2D eigenvalue weighted by Crippen LogP contribution is -2.30. The number of carbonyl (C=O) groups is 1. The van der Waals surface area contributed by atoms with E-state index in [-0.39, 0.29) is 12.3 Å². The van der Waals surface area contributed by atoms with Crippen LogP contribution in [0.5, 0.6) is 5.75 Å². The minimum atomic E-state index is 0.0408. The molecular weight excluding hydrogens is 312 g/mol. The summed E-state index contributed by atoms with van der Waals surface area (Å²) in [5.74, 6) is 0.768. The Morgan fingerprint density at radius 1 is 1.30 bits per heavy atom. The fourth-order valence-electron chi connectivity index (χ4n) is 2.49. The summed E-state index contributed by atoms with van der Waals surface area (Å²) in [6.07, 6.45) is 4.60. The molecule has 0 fully saturated rings. The molecule has 0 spiro atoms. The molecule has 0 saturated carbocycles. The highest BCUT2D eigenvalue weighted by atomic mass is 35.5. The second kappa shape index (κ2) is 7.97. The highest BCUT2D eigenvalue weighted by Gasteiger charge is 2.15. The van der Waals surface area contributed by atoms with Gasteiger partial charge in [-0.3, -0.25) is 9.78 Å². The van der Waals surface area contributed by atoms with Crippen molar-refractivity contribution in [2.75, 3.05) is 20.7 Å². The van der Waals surface area contributed by atoms with Crippen LogP contribution in [-0.4, -0.2) is 36.5 Å². The molecule has 0 atom stereocenters. The standard InChI is InChI=1S/C18H21ClN2O2/c1-13-10-16(19)11-15(18(13)23-3)12-17(22)21(2)9-6-14-4-7-20-8-5-14/h4-5,7-8,10-11H,6,9,12H2,1-3H3. The van der Waals surface area contributed by atoms with Crippen molar-refractivity contribution in [3.05, 3.63) is 58.4 Å². The number of benzene rings is 1. The van der Waals surface area contributed by atoms with E-state index in [0.29, 0.717) is 11.6 Å². The van der Waals surface area contributed by atoms with Crippen LogP contribution in [0, 0.1) is 6.92 Å². The third-order valence-corrected chi connectivity index (χ3v) is 3.99. The van der Waals surface area contributed by atoms with Crippen LogP contribution in [0.1, 0.15) is 16.7 Å². The molecule has 4 nitrogen and oxygen atoms in total. The Hall–Kier alpha value is -2.07. The predicted molar refractivity (Wildman–Crippen MR) is 92.0 cm³/mol. The molecule has 0 saturated heterocycles. The van der Waals surface area contributed by atoms with Crippen molar-refractivity contribution < 1.29 is 9.53 Å². The summed E-state index contributed by atoms with van der Waals surface area (Å²) >= 11 is 6.10. The predicted octanol–water partition coefficient (Wildman–Crippen LogP) is 3.30. The van der Waals surface area contributed by atoms with E-state index in [1.54, 1.807) is 30.5 Å². The first-order valence-electron chi connectivity index (χ1n) is 7.47. The first-order valence-corrected chi connectivity index (χ1v) is 7.85. The molecule has 1 heterocycles. The molecule has 0 aliphatic carbocycles. The number of halogens is 1. The summed E-state index contributed by atoms with van der Waals surface area (Å²) in [6.45, 7) is 2.58. The van der Waals surface area contributed by atoms with E-state index in [4.69, 9.17) is 16.3 Å². The number of aromatic nitrogens is 1. The lowest BCUT2D eigenvalue weighted by molar-refractivity contribution is -0.129. The molecule has 1 amide bonds. The van der Waals surface area contributed by atoms with Crippen molar-refractivity contribution in [3.63, 3.8) is 0 Å². The zero-order valence-corrected chi connectivity index (χ0v) is 14.4. The van der Waals surface area contributed by atoms with E-state index < -0.39 is 0 Å². The van der Waals surface area contributed by atoms with E-state index in [1.165, 1.54) is 0 Å². The van der Waals surface area contributed by atoms with Gasteiger partial charge >= 0.3 is 0 Å². The fourth-order valence-corrected chi connectivity index (χ4v) is 2.79. The third-order valence-electron chi connectivity index (χ3n) is 3.77. The van der Waals surface area contributed by atoms with Crippen LogP contribution in [0.2, 0.25) is 5.02 Å². The highest BCUT2D eigenvalue weighted by molar-refractivity contribution is 6.30. The van der Waals surface area contributed by atoms with E-state index in [9.17, 15) is 4.79 Å². The van der Waals surface area contributed by atoms with Gasteiger partial charge in [0.05, 0.1) is 13.5 Å². The van der Waals surface area contributed by atoms with E-state index in [1.807, 2.05) is 32.2 Å². The van der Waals surface area contributed by atoms with Gasteiger partial charge in [0.15, 0.2) is 0 Å². The van der Waals surface area contributed by atoms with Crippen LogP contribution in [0.3, 0.4) is 0 Å². The van der Waals surface area contributed by atoms with Gasteiger partial charge in [-0.2, -0.15) is 0 Å². The number of carbonyl (C=O) groups excluding carboxylic acids is 1. The minimum Gasteiger partial charge on any atom is -0.496 e. The number of aryl methyl sites for hydroxylation is 1. The summed E-state index contributed by atoms with van der Waals surface area (Å²) < 4.78 is 5.40. The SMILES string of the molecule is COc1c(C)cc(Cl)cc1CC(=O)N(C)CCc1ccncc1. The van der Waals surface area contributed by atoms with E-state index >= 15 is 0 Å². The third kappa shape index (κ3) is 4.70. The second-order valence-electron chi connectivity index (χ2n) is 5.51. The number of hydrogen-bond donors (Lipinski definition) is 0. The zero-order valence-electron chi connectivity index (χ0n) is 13.7. The number of likely N-dealkylation sites (N-methyl/N-ethyl adjacent to an activating group) is 1. The van der Waals surface area contributed by atoms with Gasteiger partial charge in [0.25, 0.3) is 0 Å². The van der Waals surface area contributed by atoms with Crippen LogP contribution in [0.4, 0.5) is 0 Å². The molecule has 2 aromatic rings. The molecule has 2 rings (SSSR count). The number of amides is 1. The lowest BCUT2D eigenvalue weighted by atomic mass is 10.1. The topological polar surface area (TPSA) is 42.4 Å². The monoisotopic (exact) mass is 332 g/mol.